The van der Waals surface area contributed by atoms with Gasteiger partial charge in [0.15, 0.2) is 5.82 Å². The van der Waals surface area contributed by atoms with E-state index in [1.807, 2.05) is 18.2 Å². The monoisotopic (exact) mass is 366 g/mol. The van der Waals surface area contributed by atoms with Crippen LogP contribution in [-0.2, 0) is 10.3 Å². The van der Waals surface area contributed by atoms with Crippen molar-refractivity contribution in [1.82, 2.24) is 14.9 Å². The molecule has 0 aliphatic heterocycles. The zero-order chi connectivity index (χ0) is 16.0. The van der Waals surface area contributed by atoms with Crippen molar-refractivity contribution in [1.29, 1.82) is 0 Å². The Balaban J connectivity index is 2.13. The number of nitrogens with two attached hydrogens (primary N) is 1. The standard InChI is InChI=1S/C16H23BrN4O/c1-3-21(4-2)9-10-22-16(7-5-14(18)6-8-16)15-19-11-13(17)12-20-15/h5-7,11-12H,3-4,8-10,18H2,1-2H3. The molecule has 1 aliphatic rings. The molecule has 120 valence electrons. The second kappa shape index (κ2) is 7.85. The van der Waals surface area contributed by atoms with Crippen molar-refractivity contribution in [3.63, 3.8) is 0 Å². The molecule has 0 saturated heterocycles. The lowest BCUT2D eigenvalue weighted by molar-refractivity contribution is -0.0263. The Morgan fingerprint density at radius 1 is 1.32 bits per heavy atom. The van der Waals surface area contributed by atoms with Crippen molar-refractivity contribution in [2.45, 2.75) is 25.9 Å². The Kier molecular flexibility index (Phi) is 6.11. The van der Waals surface area contributed by atoms with Gasteiger partial charge in [-0.1, -0.05) is 19.9 Å². The van der Waals surface area contributed by atoms with Gasteiger partial charge in [0, 0.05) is 31.1 Å². The van der Waals surface area contributed by atoms with Crippen LogP contribution in [0, 0.1) is 0 Å². The number of hydrogen-bond acceptors (Lipinski definition) is 5. The fraction of sp³-hybridized carbons (Fsp3) is 0.500. The number of rotatable bonds is 7. The zero-order valence-electron chi connectivity index (χ0n) is 13.1. The molecule has 5 nitrogen and oxygen atoms in total. The Morgan fingerprint density at radius 2 is 2.00 bits per heavy atom. The number of ether oxygens (including phenoxy) is 1. The zero-order valence-corrected chi connectivity index (χ0v) is 14.7. The van der Waals surface area contributed by atoms with Crippen LogP contribution in [0.25, 0.3) is 0 Å². The maximum absolute atomic E-state index is 6.21. The fourth-order valence-corrected chi connectivity index (χ4v) is 2.61. The van der Waals surface area contributed by atoms with E-state index in [2.05, 4.69) is 44.6 Å². The van der Waals surface area contributed by atoms with Gasteiger partial charge < -0.3 is 15.4 Å². The van der Waals surface area contributed by atoms with E-state index >= 15 is 0 Å². The van der Waals surface area contributed by atoms with Gasteiger partial charge in [0.1, 0.15) is 5.60 Å². The fourth-order valence-electron chi connectivity index (χ4n) is 2.40. The lowest BCUT2D eigenvalue weighted by Crippen LogP contribution is -2.35. The predicted octanol–water partition coefficient (Wildman–Crippen LogP) is 2.60. The Hall–Kier alpha value is -1.24. The van der Waals surface area contributed by atoms with E-state index in [1.54, 1.807) is 12.4 Å². The summed E-state index contributed by atoms with van der Waals surface area (Å²) in [5.74, 6) is 0.662. The van der Waals surface area contributed by atoms with Gasteiger partial charge in [0.25, 0.3) is 0 Å². The Bertz CT molecular complexity index is 540. The first-order chi connectivity index (χ1) is 10.6. The minimum Gasteiger partial charge on any atom is -0.399 e. The summed E-state index contributed by atoms with van der Waals surface area (Å²) < 4.78 is 7.06. The van der Waals surface area contributed by atoms with Crippen molar-refractivity contribution in [2.24, 2.45) is 5.73 Å². The molecule has 6 heteroatoms. The van der Waals surface area contributed by atoms with Crippen LogP contribution in [0.5, 0.6) is 0 Å². The summed E-state index contributed by atoms with van der Waals surface area (Å²) in [6, 6.07) is 0. The third-order valence-corrected chi connectivity index (χ3v) is 4.26. The molecule has 0 aromatic carbocycles. The highest BCUT2D eigenvalue weighted by Crippen LogP contribution is 2.32. The van der Waals surface area contributed by atoms with Crippen LogP contribution in [-0.4, -0.2) is 41.1 Å². The maximum atomic E-state index is 6.21. The van der Waals surface area contributed by atoms with Crippen LogP contribution in [0.1, 0.15) is 26.1 Å². The molecule has 1 aromatic rings. The lowest BCUT2D eigenvalue weighted by Gasteiger charge is -2.31. The van der Waals surface area contributed by atoms with Gasteiger partial charge in [-0.15, -0.1) is 0 Å². The van der Waals surface area contributed by atoms with Crippen LogP contribution in [0.2, 0.25) is 0 Å². The molecule has 0 bridgehead atoms. The molecule has 1 heterocycles. The smallest absolute Gasteiger partial charge is 0.164 e. The highest BCUT2D eigenvalue weighted by molar-refractivity contribution is 9.10. The molecule has 2 rings (SSSR count). The summed E-state index contributed by atoms with van der Waals surface area (Å²) in [4.78, 5) is 11.2. The van der Waals surface area contributed by atoms with E-state index in [-0.39, 0.29) is 0 Å². The molecule has 1 atom stereocenters. The van der Waals surface area contributed by atoms with Gasteiger partial charge in [-0.05, 0) is 41.2 Å². The number of aromatic nitrogens is 2. The van der Waals surface area contributed by atoms with Crippen LogP contribution < -0.4 is 5.73 Å². The van der Waals surface area contributed by atoms with E-state index < -0.39 is 5.60 Å². The Morgan fingerprint density at radius 3 is 2.55 bits per heavy atom. The number of likely N-dealkylation sites (N-methyl/N-ethyl adjacent to an activating group) is 1. The van der Waals surface area contributed by atoms with Crippen LogP contribution >= 0.6 is 15.9 Å². The molecule has 1 aliphatic carbocycles. The first-order valence-electron chi connectivity index (χ1n) is 7.59. The van der Waals surface area contributed by atoms with E-state index in [1.165, 1.54) is 0 Å². The first-order valence-corrected chi connectivity index (χ1v) is 8.38. The Labute approximate surface area is 140 Å². The molecule has 0 radical (unpaired) electrons. The van der Waals surface area contributed by atoms with Gasteiger partial charge >= 0.3 is 0 Å². The van der Waals surface area contributed by atoms with Gasteiger partial charge in [-0.25, -0.2) is 9.97 Å². The number of allylic oxidation sites excluding steroid dienone is 1. The summed E-state index contributed by atoms with van der Waals surface area (Å²) in [7, 11) is 0. The topological polar surface area (TPSA) is 64.3 Å². The van der Waals surface area contributed by atoms with Crippen molar-refractivity contribution >= 4 is 15.9 Å². The highest BCUT2D eigenvalue weighted by atomic mass is 79.9. The molecule has 0 amide bonds. The summed E-state index contributed by atoms with van der Waals surface area (Å²) in [5.41, 5.74) is 5.96. The van der Waals surface area contributed by atoms with Crippen LogP contribution in [0.15, 0.2) is 40.8 Å². The highest BCUT2D eigenvalue weighted by Gasteiger charge is 2.34. The third kappa shape index (κ3) is 4.15. The number of hydrogen-bond donors (Lipinski definition) is 1. The summed E-state index contributed by atoms with van der Waals surface area (Å²) >= 11 is 3.36. The van der Waals surface area contributed by atoms with E-state index in [9.17, 15) is 0 Å². The molecule has 2 N–H and O–H groups in total. The van der Waals surface area contributed by atoms with Crippen LogP contribution in [0.3, 0.4) is 0 Å². The van der Waals surface area contributed by atoms with E-state index in [0.717, 1.165) is 29.8 Å². The lowest BCUT2D eigenvalue weighted by atomic mass is 9.93. The second-order valence-corrected chi connectivity index (χ2v) is 6.15. The van der Waals surface area contributed by atoms with Crippen LogP contribution in [0.4, 0.5) is 0 Å². The van der Waals surface area contributed by atoms with E-state index in [0.29, 0.717) is 18.9 Å². The summed E-state index contributed by atoms with van der Waals surface area (Å²) in [6.07, 6.45) is 9.93. The van der Waals surface area contributed by atoms with Crippen molar-refractivity contribution in [3.8, 4) is 0 Å². The minimum atomic E-state index is -0.628. The van der Waals surface area contributed by atoms with Crippen molar-refractivity contribution in [2.75, 3.05) is 26.2 Å². The van der Waals surface area contributed by atoms with Crippen molar-refractivity contribution < 1.29 is 4.74 Å². The first kappa shape index (κ1) is 17.1. The minimum absolute atomic E-state index is 0.624. The SMILES string of the molecule is CCN(CC)CCOC1(c2ncc(Br)cn2)C=CC(N)=CC1. The third-order valence-electron chi connectivity index (χ3n) is 3.85. The van der Waals surface area contributed by atoms with E-state index in [4.69, 9.17) is 10.5 Å². The number of nitrogens with zero attached hydrogens (tertiary/aromatic N) is 3. The largest absolute Gasteiger partial charge is 0.399 e. The molecule has 22 heavy (non-hydrogen) atoms. The molecular weight excluding hydrogens is 344 g/mol. The average Bonchev–Trinajstić information content (AvgIpc) is 2.54. The van der Waals surface area contributed by atoms with Gasteiger partial charge in [-0.2, -0.15) is 0 Å². The average molecular weight is 367 g/mol. The normalized spacial score (nSPS) is 21.2. The number of halogens is 1. The van der Waals surface area contributed by atoms with Gasteiger partial charge in [0.2, 0.25) is 0 Å². The maximum Gasteiger partial charge on any atom is 0.164 e. The summed E-state index contributed by atoms with van der Waals surface area (Å²) in [5, 5.41) is 0. The molecule has 1 unspecified atom stereocenters. The molecule has 0 saturated carbocycles. The second-order valence-electron chi connectivity index (χ2n) is 5.23. The van der Waals surface area contributed by atoms with Crippen molar-refractivity contribution in [3.05, 3.63) is 46.6 Å². The molecule has 0 spiro atoms. The van der Waals surface area contributed by atoms with Gasteiger partial charge in [-0.3, -0.25) is 0 Å². The molecule has 1 aromatic heterocycles. The van der Waals surface area contributed by atoms with Gasteiger partial charge in [0.05, 0.1) is 11.1 Å². The quantitative estimate of drug-likeness (QED) is 0.803. The molecular formula is C16H23BrN4O. The summed E-state index contributed by atoms with van der Waals surface area (Å²) in [6.45, 7) is 7.86. The predicted molar refractivity (Wildman–Crippen MR) is 91.2 cm³/mol. The molecule has 0 fully saturated rings.